The van der Waals surface area contributed by atoms with E-state index in [0.717, 1.165) is 23.4 Å². The molecule has 0 bridgehead atoms. The molecule has 0 aliphatic carbocycles. The van der Waals surface area contributed by atoms with Crippen LogP contribution in [0, 0.1) is 26.8 Å². The first-order chi connectivity index (χ1) is 24.0. The quantitative estimate of drug-likeness (QED) is 0.0807. The molecule has 257 valence electrons. The standard InChI is InChI=1S/C47H49N2.Ir/c1-5-6-7-8-9-10-11-14-20-37-32-48-47(49-33-37)41-26-19-25-40(29-41)43-27-35(3)44(28-34(43)2)42-30-45(38-21-15-12-16-22-38)36(4)46(31-42)39-23-17-13-18-24-39;/h12-13,15-19,21-25,27-33H,5-11,14,20H2,1-4H3;/q-1;. The van der Waals surface area contributed by atoms with E-state index in [2.05, 4.69) is 131 Å². The Bertz CT molecular complexity index is 1900. The largest absolute Gasteiger partial charge is 0.285 e. The number of unbranched alkanes of at least 4 members (excludes halogenated alkanes) is 7. The Kier molecular flexibility index (Phi) is 13.5. The van der Waals surface area contributed by atoms with Crippen molar-refractivity contribution in [1.82, 2.24) is 9.97 Å². The van der Waals surface area contributed by atoms with Gasteiger partial charge in [-0.15, -0.1) is 35.4 Å². The van der Waals surface area contributed by atoms with Gasteiger partial charge >= 0.3 is 0 Å². The van der Waals surface area contributed by atoms with Crippen molar-refractivity contribution in [2.24, 2.45) is 0 Å². The van der Waals surface area contributed by atoms with Gasteiger partial charge in [-0.05, 0) is 107 Å². The number of aromatic nitrogens is 2. The van der Waals surface area contributed by atoms with Crippen molar-refractivity contribution >= 4 is 0 Å². The van der Waals surface area contributed by atoms with Gasteiger partial charge < -0.3 is 0 Å². The molecule has 6 aromatic rings. The Morgan fingerprint density at radius 3 is 1.60 bits per heavy atom. The molecule has 0 spiro atoms. The van der Waals surface area contributed by atoms with Crippen LogP contribution in [0.3, 0.4) is 0 Å². The minimum absolute atomic E-state index is 0. The van der Waals surface area contributed by atoms with Gasteiger partial charge in [-0.3, -0.25) is 9.97 Å². The molecule has 1 heterocycles. The number of aryl methyl sites for hydroxylation is 3. The van der Waals surface area contributed by atoms with Crippen LogP contribution in [-0.4, -0.2) is 9.97 Å². The van der Waals surface area contributed by atoms with E-state index in [0.29, 0.717) is 0 Å². The summed E-state index contributed by atoms with van der Waals surface area (Å²) in [5.41, 5.74) is 15.8. The maximum absolute atomic E-state index is 4.76. The number of benzene rings is 5. The van der Waals surface area contributed by atoms with E-state index in [1.54, 1.807) is 0 Å². The van der Waals surface area contributed by atoms with Crippen molar-refractivity contribution in [3.05, 3.63) is 144 Å². The molecule has 5 aromatic carbocycles. The van der Waals surface area contributed by atoms with Gasteiger partial charge in [0.1, 0.15) is 0 Å². The summed E-state index contributed by atoms with van der Waals surface area (Å²) in [5, 5.41) is 0. The van der Waals surface area contributed by atoms with E-state index >= 15 is 0 Å². The van der Waals surface area contributed by atoms with Crippen LogP contribution >= 0.6 is 0 Å². The average molecular weight is 834 g/mol. The topological polar surface area (TPSA) is 25.8 Å². The third-order valence-electron chi connectivity index (χ3n) is 9.84. The molecule has 50 heavy (non-hydrogen) atoms. The van der Waals surface area contributed by atoms with E-state index in [1.807, 2.05) is 18.5 Å². The first-order valence-electron chi connectivity index (χ1n) is 18.2. The molecule has 0 saturated heterocycles. The molecule has 1 radical (unpaired) electrons. The SMILES string of the molecule is CCCCCCCCCCc1cnc(-c2[c-]ccc(-c3cc(C)c(-c4cc(-c5ccccc5)c(C)c(-c5ccccc5)c4)cc3C)c2)nc1.[Ir]. The number of nitrogens with zero attached hydrogens (tertiary/aromatic N) is 2. The van der Waals surface area contributed by atoms with Gasteiger partial charge in [0, 0.05) is 32.5 Å². The van der Waals surface area contributed by atoms with E-state index in [-0.39, 0.29) is 20.1 Å². The molecule has 0 saturated carbocycles. The molecule has 0 N–H and O–H groups in total. The molecule has 0 unspecified atom stereocenters. The molecule has 6 rings (SSSR count). The van der Waals surface area contributed by atoms with E-state index in [4.69, 9.17) is 9.97 Å². The van der Waals surface area contributed by atoms with Gasteiger partial charge in [0.2, 0.25) is 0 Å². The molecular formula is C47H49IrN2-. The normalized spacial score (nSPS) is 11.0. The zero-order chi connectivity index (χ0) is 34.0. The van der Waals surface area contributed by atoms with Crippen molar-refractivity contribution < 1.29 is 20.1 Å². The number of rotatable bonds is 14. The van der Waals surface area contributed by atoms with Crippen LogP contribution in [0.15, 0.2) is 116 Å². The Morgan fingerprint density at radius 2 is 1.04 bits per heavy atom. The maximum atomic E-state index is 4.76. The molecule has 0 atom stereocenters. The molecule has 0 fully saturated rings. The van der Waals surface area contributed by atoms with Crippen LogP contribution in [0.4, 0.5) is 0 Å². The van der Waals surface area contributed by atoms with Crippen LogP contribution in [-0.2, 0) is 26.5 Å². The van der Waals surface area contributed by atoms with Crippen molar-refractivity contribution in [2.45, 2.75) is 85.5 Å². The summed E-state index contributed by atoms with van der Waals surface area (Å²) in [6.07, 6.45) is 15.7. The second kappa shape index (κ2) is 18.2. The summed E-state index contributed by atoms with van der Waals surface area (Å²) in [4.78, 5) is 9.51. The van der Waals surface area contributed by atoms with Crippen molar-refractivity contribution in [3.63, 3.8) is 0 Å². The minimum atomic E-state index is 0. The summed E-state index contributed by atoms with van der Waals surface area (Å²) < 4.78 is 0. The average Bonchev–Trinajstić information content (AvgIpc) is 3.14. The van der Waals surface area contributed by atoms with Crippen molar-refractivity contribution in [1.29, 1.82) is 0 Å². The number of hydrogen-bond donors (Lipinski definition) is 0. The summed E-state index contributed by atoms with van der Waals surface area (Å²) in [6.45, 7) is 8.97. The van der Waals surface area contributed by atoms with E-state index in [1.165, 1.54) is 113 Å². The second-order valence-corrected chi connectivity index (χ2v) is 13.5. The van der Waals surface area contributed by atoms with Crippen LogP contribution < -0.4 is 0 Å². The third-order valence-corrected chi connectivity index (χ3v) is 9.84. The van der Waals surface area contributed by atoms with Gasteiger partial charge in [-0.2, -0.15) is 0 Å². The molecule has 2 nitrogen and oxygen atoms in total. The molecule has 0 aliphatic rings. The van der Waals surface area contributed by atoms with Crippen molar-refractivity contribution in [2.75, 3.05) is 0 Å². The smallest absolute Gasteiger partial charge is 0.0748 e. The van der Waals surface area contributed by atoms with Gasteiger partial charge in [0.05, 0.1) is 5.82 Å². The van der Waals surface area contributed by atoms with Crippen LogP contribution in [0.2, 0.25) is 0 Å². The third kappa shape index (κ3) is 9.13. The number of hydrogen-bond acceptors (Lipinski definition) is 2. The maximum Gasteiger partial charge on any atom is 0.0748 e. The Hall–Kier alpha value is -4.17. The Morgan fingerprint density at radius 1 is 0.520 bits per heavy atom. The first kappa shape index (κ1) is 37.1. The fourth-order valence-corrected chi connectivity index (χ4v) is 6.99. The molecule has 1 aromatic heterocycles. The van der Waals surface area contributed by atoms with Crippen molar-refractivity contribution in [3.8, 4) is 55.9 Å². The zero-order valence-corrected chi connectivity index (χ0v) is 32.5. The summed E-state index contributed by atoms with van der Waals surface area (Å²) in [7, 11) is 0. The van der Waals surface area contributed by atoms with Crippen LogP contribution in [0.25, 0.3) is 55.9 Å². The van der Waals surface area contributed by atoms with Crippen LogP contribution in [0.1, 0.15) is 80.5 Å². The Balaban J connectivity index is 0.00000486. The predicted molar refractivity (Wildman–Crippen MR) is 209 cm³/mol. The fraction of sp³-hybridized carbons (Fsp3) is 0.277. The van der Waals surface area contributed by atoms with Gasteiger partial charge in [-0.25, -0.2) is 0 Å². The van der Waals surface area contributed by atoms with Crippen LogP contribution in [0.5, 0.6) is 0 Å². The summed E-state index contributed by atoms with van der Waals surface area (Å²) >= 11 is 0. The summed E-state index contributed by atoms with van der Waals surface area (Å²) in [6, 6.07) is 40.6. The van der Waals surface area contributed by atoms with Gasteiger partial charge in [0.15, 0.2) is 0 Å². The monoisotopic (exact) mass is 834 g/mol. The van der Waals surface area contributed by atoms with Gasteiger partial charge in [0.25, 0.3) is 0 Å². The van der Waals surface area contributed by atoms with Gasteiger partial charge in [-0.1, -0.05) is 125 Å². The molecule has 0 amide bonds. The summed E-state index contributed by atoms with van der Waals surface area (Å²) in [5.74, 6) is 0.731. The fourth-order valence-electron chi connectivity index (χ4n) is 6.99. The second-order valence-electron chi connectivity index (χ2n) is 13.5. The molecular weight excluding hydrogens is 785 g/mol. The zero-order valence-electron chi connectivity index (χ0n) is 30.1. The first-order valence-corrected chi connectivity index (χ1v) is 18.2. The predicted octanol–water partition coefficient (Wildman–Crippen LogP) is 13.2. The molecule has 3 heteroatoms. The minimum Gasteiger partial charge on any atom is -0.285 e. The molecule has 0 aliphatic heterocycles. The Labute approximate surface area is 313 Å². The van der Waals surface area contributed by atoms with E-state index < -0.39 is 0 Å². The van der Waals surface area contributed by atoms with E-state index in [9.17, 15) is 0 Å².